The average Bonchev–Trinajstić information content (AvgIpc) is 2.73. The molecule has 4 rings (SSSR count). The van der Waals surface area contributed by atoms with Crippen molar-refractivity contribution in [2.45, 2.75) is 32.9 Å². The third-order valence-corrected chi connectivity index (χ3v) is 6.05. The Labute approximate surface area is 172 Å². The highest BCUT2D eigenvalue weighted by atomic mass is 19.1. The van der Waals surface area contributed by atoms with Crippen molar-refractivity contribution in [3.63, 3.8) is 0 Å². The van der Waals surface area contributed by atoms with Crippen molar-refractivity contribution < 1.29 is 9.18 Å². The molecule has 29 heavy (non-hydrogen) atoms. The third kappa shape index (κ3) is 4.45. The van der Waals surface area contributed by atoms with E-state index in [0.29, 0.717) is 12.5 Å². The molecule has 4 nitrogen and oxygen atoms in total. The zero-order valence-electron chi connectivity index (χ0n) is 17.3. The Morgan fingerprint density at radius 2 is 1.90 bits per heavy atom. The molecule has 2 aromatic rings. The van der Waals surface area contributed by atoms with Crippen LogP contribution in [0.3, 0.4) is 0 Å². The van der Waals surface area contributed by atoms with Crippen molar-refractivity contribution in [3.8, 4) is 0 Å². The average molecular weight is 396 g/mol. The van der Waals surface area contributed by atoms with Gasteiger partial charge in [0.1, 0.15) is 5.82 Å². The Morgan fingerprint density at radius 3 is 2.66 bits per heavy atom. The fourth-order valence-corrected chi connectivity index (χ4v) is 4.54. The molecule has 5 heteroatoms. The van der Waals surface area contributed by atoms with E-state index in [4.69, 9.17) is 0 Å². The van der Waals surface area contributed by atoms with Crippen LogP contribution in [0.15, 0.2) is 48.5 Å². The number of anilines is 1. The number of para-hydroxylation sites is 1. The Bertz CT molecular complexity index is 851. The first kappa shape index (κ1) is 19.9. The van der Waals surface area contributed by atoms with E-state index in [0.717, 1.165) is 38.2 Å². The highest BCUT2D eigenvalue weighted by Gasteiger charge is 2.41. The summed E-state index contributed by atoms with van der Waals surface area (Å²) in [5.41, 5.74) is 3.64. The van der Waals surface area contributed by atoms with E-state index >= 15 is 0 Å². The van der Waals surface area contributed by atoms with E-state index < -0.39 is 0 Å². The molecule has 0 aliphatic carbocycles. The van der Waals surface area contributed by atoms with Gasteiger partial charge in [0, 0.05) is 38.4 Å². The minimum atomic E-state index is -0.204. The number of fused-ring (bicyclic) bond motifs is 3. The number of amides is 1. The molecular weight excluding hydrogens is 365 g/mol. The van der Waals surface area contributed by atoms with Crippen molar-refractivity contribution in [1.29, 1.82) is 0 Å². The largest absolute Gasteiger partial charge is 0.365 e. The van der Waals surface area contributed by atoms with Crippen molar-refractivity contribution in [2.75, 3.05) is 31.1 Å². The lowest BCUT2D eigenvalue weighted by molar-refractivity contribution is -0.126. The van der Waals surface area contributed by atoms with E-state index in [2.05, 4.69) is 53.2 Å². The zero-order chi connectivity index (χ0) is 20.4. The van der Waals surface area contributed by atoms with Gasteiger partial charge in [0.2, 0.25) is 5.91 Å². The molecule has 2 heterocycles. The summed E-state index contributed by atoms with van der Waals surface area (Å²) in [6, 6.07) is 15.4. The molecule has 1 fully saturated rings. The van der Waals surface area contributed by atoms with Crippen LogP contribution in [0.2, 0.25) is 0 Å². The third-order valence-electron chi connectivity index (χ3n) is 6.05. The second kappa shape index (κ2) is 8.54. The SMILES string of the molecule is CC(C)CNC(=O)[C@H]1Cc2ccccc2N2CCN(Cc3ccc(F)cc3)C[C@H]12. The van der Waals surface area contributed by atoms with Crippen LogP contribution in [-0.2, 0) is 17.8 Å². The van der Waals surface area contributed by atoms with Crippen LogP contribution in [0.5, 0.6) is 0 Å². The summed E-state index contributed by atoms with van der Waals surface area (Å²) < 4.78 is 13.2. The van der Waals surface area contributed by atoms with Gasteiger partial charge >= 0.3 is 0 Å². The van der Waals surface area contributed by atoms with E-state index in [-0.39, 0.29) is 23.7 Å². The standard InChI is InChI=1S/C24H30FN3O/c1-17(2)14-26-24(29)21-13-19-5-3-4-6-22(19)28-12-11-27(16-23(21)28)15-18-7-9-20(25)10-8-18/h3-10,17,21,23H,11-16H2,1-2H3,(H,26,29)/t21-,23+/m0/s1. The van der Waals surface area contributed by atoms with E-state index in [1.165, 1.54) is 23.4 Å². The molecule has 2 aliphatic rings. The second-order valence-electron chi connectivity index (χ2n) is 8.70. The Hall–Kier alpha value is -2.40. The minimum Gasteiger partial charge on any atom is -0.365 e. The van der Waals surface area contributed by atoms with Crippen LogP contribution < -0.4 is 10.2 Å². The quantitative estimate of drug-likeness (QED) is 0.842. The fourth-order valence-electron chi connectivity index (χ4n) is 4.54. The number of halogens is 1. The van der Waals surface area contributed by atoms with Crippen LogP contribution in [0, 0.1) is 17.7 Å². The summed E-state index contributed by atoms with van der Waals surface area (Å²) in [6.07, 6.45) is 0.783. The molecule has 2 atom stereocenters. The maximum absolute atomic E-state index is 13.2. The highest BCUT2D eigenvalue weighted by Crippen LogP contribution is 2.36. The first-order valence-electron chi connectivity index (χ1n) is 10.6. The number of benzene rings is 2. The van der Waals surface area contributed by atoms with Crippen molar-refractivity contribution in [2.24, 2.45) is 11.8 Å². The van der Waals surface area contributed by atoms with Gasteiger partial charge in [0.05, 0.1) is 12.0 Å². The van der Waals surface area contributed by atoms with Crippen LogP contribution in [-0.4, -0.2) is 43.0 Å². The number of piperazine rings is 1. The topological polar surface area (TPSA) is 35.6 Å². The second-order valence-corrected chi connectivity index (χ2v) is 8.70. The summed E-state index contributed by atoms with van der Waals surface area (Å²) >= 11 is 0. The lowest BCUT2D eigenvalue weighted by Crippen LogP contribution is -2.61. The molecule has 0 bridgehead atoms. The highest BCUT2D eigenvalue weighted by molar-refractivity contribution is 5.82. The van der Waals surface area contributed by atoms with Gasteiger partial charge in [0.15, 0.2) is 0 Å². The summed E-state index contributed by atoms with van der Waals surface area (Å²) in [7, 11) is 0. The molecular formula is C24H30FN3O. The number of nitrogens with one attached hydrogen (secondary N) is 1. The molecule has 0 radical (unpaired) electrons. The summed E-state index contributed by atoms with van der Waals surface area (Å²) in [5, 5.41) is 3.16. The summed E-state index contributed by atoms with van der Waals surface area (Å²) in [4.78, 5) is 17.9. The van der Waals surface area contributed by atoms with Gasteiger partial charge in [-0.2, -0.15) is 0 Å². The van der Waals surface area contributed by atoms with Gasteiger partial charge in [-0.1, -0.05) is 44.2 Å². The predicted octanol–water partition coefficient (Wildman–Crippen LogP) is 3.46. The molecule has 154 valence electrons. The van der Waals surface area contributed by atoms with Crippen LogP contribution in [0.25, 0.3) is 0 Å². The smallest absolute Gasteiger partial charge is 0.225 e. The Kier molecular flexibility index (Phi) is 5.86. The first-order chi connectivity index (χ1) is 14.0. The molecule has 1 N–H and O–H groups in total. The van der Waals surface area contributed by atoms with Crippen molar-refractivity contribution in [3.05, 3.63) is 65.5 Å². The maximum atomic E-state index is 13.2. The molecule has 2 aromatic carbocycles. The summed E-state index contributed by atoms with van der Waals surface area (Å²) in [6.45, 7) is 8.40. The van der Waals surface area contributed by atoms with Gasteiger partial charge in [-0.3, -0.25) is 9.69 Å². The molecule has 0 unspecified atom stereocenters. The van der Waals surface area contributed by atoms with Crippen LogP contribution in [0.4, 0.5) is 10.1 Å². The number of carbonyl (C=O) groups excluding carboxylic acids is 1. The van der Waals surface area contributed by atoms with Gasteiger partial charge in [-0.25, -0.2) is 4.39 Å². The van der Waals surface area contributed by atoms with Gasteiger partial charge in [0.25, 0.3) is 0 Å². The Balaban J connectivity index is 1.54. The number of carbonyl (C=O) groups is 1. The fraction of sp³-hybridized carbons (Fsp3) is 0.458. The predicted molar refractivity (Wildman–Crippen MR) is 114 cm³/mol. The van der Waals surface area contributed by atoms with E-state index in [1.807, 2.05) is 12.1 Å². The van der Waals surface area contributed by atoms with Crippen molar-refractivity contribution in [1.82, 2.24) is 10.2 Å². The lowest BCUT2D eigenvalue weighted by Gasteiger charge is -2.49. The van der Waals surface area contributed by atoms with Gasteiger partial charge < -0.3 is 10.2 Å². The number of rotatable bonds is 5. The number of hydrogen-bond donors (Lipinski definition) is 1. The number of hydrogen-bond acceptors (Lipinski definition) is 3. The molecule has 0 aromatic heterocycles. The molecule has 0 spiro atoms. The van der Waals surface area contributed by atoms with Crippen molar-refractivity contribution >= 4 is 11.6 Å². The van der Waals surface area contributed by atoms with Crippen LogP contribution in [0.1, 0.15) is 25.0 Å². The van der Waals surface area contributed by atoms with Gasteiger partial charge in [-0.15, -0.1) is 0 Å². The van der Waals surface area contributed by atoms with E-state index in [9.17, 15) is 9.18 Å². The normalized spacial score (nSPS) is 21.6. The van der Waals surface area contributed by atoms with Gasteiger partial charge in [-0.05, 0) is 41.7 Å². The van der Waals surface area contributed by atoms with Crippen LogP contribution >= 0.6 is 0 Å². The zero-order valence-corrected chi connectivity index (χ0v) is 17.3. The Morgan fingerprint density at radius 1 is 1.14 bits per heavy atom. The maximum Gasteiger partial charge on any atom is 0.225 e. The monoisotopic (exact) mass is 395 g/mol. The minimum absolute atomic E-state index is 0.0559. The summed E-state index contributed by atoms with van der Waals surface area (Å²) in [5.74, 6) is 0.336. The molecule has 1 saturated heterocycles. The molecule has 0 saturated carbocycles. The lowest BCUT2D eigenvalue weighted by atomic mass is 9.83. The first-order valence-corrected chi connectivity index (χ1v) is 10.6. The number of nitrogens with zero attached hydrogens (tertiary/aromatic N) is 2. The molecule has 2 aliphatic heterocycles. The van der Waals surface area contributed by atoms with E-state index in [1.54, 1.807) is 0 Å². The molecule has 1 amide bonds.